The summed E-state index contributed by atoms with van der Waals surface area (Å²) in [7, 11) is 1.63. The number of quaternary nitrogens is 1. The van der Waals surface area contributed by atoms with E-state index in [9.17, 15) is 9.90 Å². The first-order chi connectivity index (χ1) is 12.6. The molecule has 1 aromatic heterocycles. The molecular weight excluding hydrogens is 348 g/mol. The van der Waals surface area contributed by atoms with Crippen LogP contribution in [0.2, 0.25) is 0 Å². The van der Waals surface area contributed by atoms with Gasteiger partial charge in [-0.2, -0.15) is 0 Å². The van der Waals surface area contributed by atoms with Gasteiger partial charge >= 0.3 is 0 Å². The molecule has 0 spiro atoms. The van der Waals surface area contributed by atoms with Crippen LogP contribution in [0.1, 0.15) is 20.8 Å². The van der Waals surface area contributed by atoms with Crippen molar-refractivity contribution >= 4 is 17.2 Å². The van der Waals surface area contributed by atoms with Crippen LogP contribution < -0.4 is 9.64 Å². The maximum absolute atomic E-state index is 12.4. The van der Waals surface area contributed by atoms with Crippen molar-refractivity contribution in [3.8, 4) is 11.5 Å². The van der Waals surface area contributed by atoms with E-state index in [1.54, 1.807) is 13.2 Å². The molecule has 0 atom stereocenters. The van der Waals surface area contributed by atoms with E-state index in [1.807, 2.05) is 34.5 Å². The van der Waals surface area contributed by atoms with Gasteiger partial charge in [0.05, 0.1) is 43.7 Å². The fraction of sp³-hybridized carbons (Fsp3) is 0.350. The second kappa shape index (κ2) is 8.38. The molecule has 0 bridgehead atoms. The van der Waals surface area contributed by atoms with Crippen molar-refractivity contribution in [2.75, 3.05) is 33.3 Å². The van der Waals surface area contributed by atoms with Crippen molar-refractivity contribution in [2.24, 2.45) is 0 Å². The standard InChI is InChI=1S/C20H24N2O3S/c1-3-5-15-12-17(25-2)13-16(19(15)23)14-21-7-9-22(10-8-21)20(24)18-6-4-11-26-18/h3-4,6,11-13,23H,1,5,7-10,14H2,2H3/p+1. The molecular formula is C20H25N2O3S+. The number of piperazine rings is 1. The fourth-order valence-corrected chi connectivity index (χ4v) is 4.01. The summed E-state index contributed by atoms with van der Waals surface area (Å²) < 4.78 is 5.37. The predicted octanol–water partition coefficient (Wildman–Crippen LogP) is 1.73. The fourth-order valence-electron chi connectivity index (χ4n) is 3.32. The van der Waals surface area contributed by atoms with Crippen LogP contribution >= 0.6 is 11.3 Å². The Morgan fingerprint density at radius 1 is 1.38 bits per heavy atom. The first kappa shape index (κ1) is 18.5. The number of aromatic hydroxyl groups is 1. The summed E-state index contributed by atoms with van der Waals surface area (Å²) in [4.78, 5) is 16.5. The number of thiophene rings is 1. The van der Waals surface area contributed by atoms with Crippen LogP contribution in [0.4, 0.5) is 0 Å². The molecule has 2 N–H and O–H groups in total. The molecule has 3 rings (SSSR count). The number of hydrogen-bond acceptors (Lipinski definition) is 4. The summed E-state index contributed by atoms with van der Waals surface area (Å²) in [5, 5.41) is 12.5. The first-order valence-corrected chi connectivity index (χ1v) is 9.66. The van der Waals surface area contributed by atoms with Crippen molar-refractivity contribution in [2.45, 2.75) is 13.0 Å². The molecule has 1 saturated heterocycles. The Morgan fingerprint density at radius 3 is 2.73 bits per heavy atom. The zero-order valence-corrected chi connectivity index (χ0v) is 15.8. The highest BCUT2D eigenvalue weighted by Crippen LogP contribution is 2.28. The average molecular weight is 373 g/mol. The zero-order valence-electron chi connectivity index (χ0n) is 15.0. The van der Waals surface area contributed by atoms with Crippen LogP contribution in [0.25, 0.3) is 0 Å². The smallest absolute Gasteiger partial charge is 0.264 e. The van der Waals surface area contributed by atoms with Crippen LogP contribution in [0.15, 0.2) is 42.3 Å². The number of phenols is 1. The third kappa shape index (κ3) is 4.08. The van der Waals surface area contributed by atoms with Crippen molar-refractivity contribution in [3.05, 3.63) is 58.3 Å². The number of benzene rings is 1. The zero-order chi connectivity index (χ0) is 18.5. The maximum Gasteiger partial charge on any atom is 0.264 e. The Hall–Kier alpha value is -2.31. The Labute approximate surface area is 158 Å². The molecule has 5 nitrogen and oxygen atoms in total. The number of hydrogen-bond donors (Lipinski definition) is 2. The highest BCUT2D eigenvalue weighted by atomic mass is 32.1. The molecule has 1 aliphatic heterocycles. The minimum Gasteiger partial charge on any atom is -0.507 e. The SMILES string of the molecule is C=CCc1cc(OC)cc(C[NH+]2CCN(C(=O)c3cccs3)CC2)c1O. The number of nitrogens with one attached hydrogen (secondary N) is 1. The van der Waals surface area contributed by atoms with Crippen LogP contribution in [0.3, 0.4) is 0 Å². The van der Waals surface area contributed by atoms with Gasteiger partial charge < -0.3 is 19.6 Å². The highest BCUT2D eigenvalue weighted by Gasteiger charge is 2.26. The number of carbonyl (C=O) groups is 1. The molecule has 2 heterocycles. The molecule has 6 heteroatoms. The number of amides is 1. The van der Waals surface area contributed by atoms with Crippen molar-refractivity contribution in [1.82, 2.24) is 4.90 Å². The number of carbonyl (C=O) groups excluding carboxylic acids is 1. The van der Waals surface area contributed by atoms with E-state index in [1.165, 1.54) is 16.2 Å². The molecule has 26 heavy (non-hydrogen) atoms. The average Bonchev–Trinajstić information content (AvgIpc) is 3.20. The maximum atomic E-state index is 12.4. The van der Waals surface area contributed by atoms with E-state index < -0.39 is 0 Å². The molecule has 1 aliphatic rings. The quantitative estimate of drug-likeness (QED) is 0.759. The van der Waals surface area contributed by atoms with Gasteiger partial charge in [-0.1, -0.05) is 12.1 Å². The minimum absolute atomic E-state index is 0.122. The summed E-state index contributed by atoms with van der Waals surface area (Å²) in [6, 6.07) is 7.54. The molecule has 0 aliphatic carbocycles. The van der Waals surface area contributed by atoms with Gasteiger partial charge in [0.15, 0.2) is 0 Å². The van der Waals surface area contributed by atoms with E-state index >= 15 is 0 Å². The normalized spacial score (nSPS) is 15.0. The van der Waals surface area contributed by atoms with Gasteiger partial charge in [0, 0.05) is 5.56 Å². The lowest BCUT2D eigenvalue weighted by Crippen LogP contribution is -3.13. The predicted molar refractivity (Wildman–Crippen MR) is 103 cm³/mol. The van der Waals surface area contributed by atoms with Crippen LogP contribution in [-0.4, -0.2) is 49.2 Å². The van der Waals surface area contributed by atoms with Gasteiger partial charge in [-0.15, -0.1) is 17.9 Å². The summed E-state index contributed by atoms with van der Waals surface area (Å²) >= 11 is 1.49. The van der Waals surface area contributed by atoms with Gasteiger partial charge in [-0.25, -0.2) is 0 Å². The molecule has 1 fully saturated rings. The van der Waals surface area contributed by atoms with Crippen LogP contribution in [-0.2, 0) is 13.0 Å². The van der Waals surface area contributed by atoms with E-state index in [0.29, 0.717) is 18.7 Å². The van der Waals surface area contributed by atoms with Crippen LogP contribution in [0, 0.1) is 0 Å². The number of methoxy groups -OCH3 is 1. The van der Waals surface area contributed by atoms with E-state index in [4.69, 9.17) is 4.74 Å². The van der Waals surface area contributed by atoms with E-state index in [2.05, 4.69) is 6.58 Å². The van der Waals surface area contributed by atoms with Gasteiger partial charge in [0.25, 0.3) is 5.91 Å². The van der Waals surface area contributed by atoms with Crippen molar-refractivity contribution in [1.29, 1.82) is 0 Å². The summed E-state index contributed by atoms with van der Waals surface area (Å²) in [6.45, 7) is 7.66. The number of allylic oxidation sites excluding steroid dienone is 1. The largest absolute Gasteiger partial charge is 0.507 e. The first-order valence-electron chi connectivity index (χ1n) is 8.78. The molecule has 1 aromatic carbocycles. The lowest BCUT2D eigenvalue weighted by atomic mass is 10.0. The number of nitrogens with zero attached hydrogens (tertiary/aromatic N) is 1. The van der Waals surface area contributed by atoms with Gasteiger partial charge in [0.1, 0.15) is 18.0 Å². The molecule has 0 unspecified atom stereocenters. The summed E-state index contributed by atoms with van der Waals surface area (Å²) in [6.07, 6.45) is 2.38. The molecule has 138 valence electrons. The summed E-state index contributed by atoms with van der Waals surface area (Å²) in [5.74, 6) is 1.20. The van der Waals surface area contributed by atoms with Crippen molar-refractivity contribution in [3.63, 3.8) is 0 Å². The Morgan fingerprint density at radius 2 is 2.12 bits per heavy atom. The third-order valence-corrected chi connectivity index (χ3v) is 5.63. The van der Waals surface area contributed by atoms with Gasteiger partial charge in [-0.3, -0.25) is 4.79 Å². The Bertz CT molecular complexity index is 766. The number of ether oxygens (including phenoxy) is 1. The van der Waals surface area contributed by atoms with E-state index in [-0.39, 0.29) is 5.91 Å². The Balaban J connectivity index is 1.65. The second-order valence-corrected chi connectivity index (χ2v) is 7.43. The number of phenolic OH excluding ortho intramolecular Hbond substituents is 1. The molecule has 0 radical (unpaired) electrons. The highest BCUT2D eigenvalue weighted by molar-refractivity contribution is 7.12. The topological polar surface area (TPSA) is 54.2 Å². The molecule has 1 amide bonds. The minimum atomic E-state index is 0.122. The molecule has 0 saturated carbocycles. The third-order valence-electron chi connectivity index (χ3n) is 4.77. The van der Waals surface area contributed by atoms with Gasteiger partial charge in [-0.05, 0) is 30.0 Å². The lowest BCUT2D eigenvalue weighted by Gasteiger charge is -2.32. The van der Waals surface area contributed by atoms with Crippen molar-refractivity contribution < 1.29 is 19.5 Å². The van der Waals surface area contributed by atoms with E-state index in [0.717, 1.165) is 47.9 Å². The monoisotopic (exact) mass is 373 g/mol. The molecule has 2 aromatic rings. The van der Waals surface area contributed by atoms with Gasteiger partial charge in [0.2, 0.25) is 0 Å². The lowest BCUT2D eigenvalue weighted by molar-refractivity contribution is -0.917. The number of rotatable bonds is 6. The second-order valence-electron chi connectivity index (χ2n) is 6.48. The summed E-state index contributed by atoms with van der Waals surface area (Å²) in [5.41, 5.74) is 1.72. The Kier molecular flexibility index (Phi) is 5.96. The van der Waals surface area contributed by atoms with Crippen LogP contribution in [0.5, 0.6) is 11.5 Å².